The Labute approximate surface area is 61.7 Å². The highest BCUT2D eigenvalue weighted by molar-refractivity contribution is 5.78. The quantitative estimate of drug-likeness (QED) is 0.528. The van der Waals surface area contributed by atoms with Crippen molar-refractivity contribution in [3.8, 4) is 0 Å². The molecule has 58 valence electrons. The summed E-state index contributed by atoms with van der Waals surface area (Å²) in [6.45, 7) is 5.51. The van der Waals surface area contributed by atoms with Crippen LogP contribution in [0.2, 0.25) is 0 Å². The first-order valence-corrected chi connectivity index (χ1v) is 3.67. The molecule has 0 spiro atoms. The molecule has 0 amide bonds. The summed E-state index contributed by atoms with van der Waals surface area (Å²) in [5, 5.41) is 0. The van der Waals surface area contributed by atoms with E-state index in [-0.39, 0.29) is 0 Å². The van der Waals surface area contributed by atoms with Crippen molar-refractivity contribution in [3.05, 3.63) is 0 Å². The fraction of sp³-hybridized carbons (Fsp3) is 0.857. The molecule has 0 fully saturated rings. The average Bonchev–Trinajstić information content (AvgIpc) is 1.88. The second-order valence-electron chi connectivity index (χ2n) is 2.45. The van der Waals surface area contributed by atoms with Crippen molar-refractivity contribution < 1.29 is 4.74 Å². The number of hydrogen-bond acceptors (Lipinski definition) is 3. The molecule has 0 aromatic carbocycles. The molecule has 1 heterocycles. The summed E-state index contributed by atoms with van der Waals surface area (Å²) in [5.41, 5.74) is 0. The van der Waals surface area contributed by atoms with E-state index in [2.05, 4.69) is 16.9 Å². The van der Waals surface area contributed by atoms with Crippen LogP contribution in [0.25, 0.3) is 0 Å². The van der Waals surface area contributed by atoms with Crippen molar-refractivity contribution in [2.75, 3.05) is 33.3 Å². The zero-order valence-electron chi connectivity index (χ0n) is 6.63. The van der Waals surface area contributed by atoms with Crippen molar-refractivity contribution in [2.45, 2.75) is 6.92 Å². The van der Waals surface area contributed by atoms with Gasteiger partial charge in [-0.05, 0) is 14.0 Å². The van der Waals surface area contributed by atoms with Gasteiger partial charge in [0.25, 0.3) is 0 Å². The lowest BCUT2D eigenvalue weighted by atomic mass is 10.4. The number of ether oxygens (including phenoxy) is 1. The van der Waals surface area contributed by atoms with Gasteiger partial charge in [0.2, 0.25) is 0 Å². The molecule has 0 saturated heterocycles. The third-order valence-electron chi connectivity index (χ3n) is 1.49. The highest BCUT2D eigenvalue weighted by Crippen LogP contribution is 1.95. The van der Waals surface area contributed by atoms with Gasteiger partial charge in [0.1, 0.15) is 0 Å². The van der Waals surface area contributed by atoms with Crippen LogP contribution in [0.15, 0.2) is 4.99 Å². The van der Waals surface area contributed by atoms with Crippen molar-refractivity contribution >= 4 is 5.90 Å². The molecule has 10 heavy (non-hydrogen) atoms. The maximum atomic E-state index is 5.26. The highest BCUT2D eigenvalue weighted by Gasteiger charge is 2.09. The summed E-state index contributed by atoms with van der Waals surface area (Å²) in [7, 11) is 2.08. The molecule has 0 aromatic rings. The van der Waals surface area contributed by atoms with Crippen LogP contribution in [0.5, 0.6) is 0 Å². The second-order valence-corrected chi connectivity index (χ2v) is 2.45. The van der Waals surface area contributed by atoms with E-state index >= 15 is 0 Å². The monoisotopic (exact) mass is 142 g/mol. The van der Waals surface area contributed by atoms with Gasteiger partial charge in [-0.1, -0.05) is 0 Å². The lowest BCUT2D eigenvalue weighted by Gasteiger charge is -2.21. The van der Waals surface area contributed by atoms with Crippen molar-refractivity contribution in [2.24, 2.45) is 4.99 Å². The van der Waals surface area contributed by atoms with E-state index in [0.29, 0.717) is 0 Å². The Bertz CT molecular complexity index is 134. The van der Waals surface area contributed by atoms with Crippen LogP contribution in [0, 0.1) is 0 Å². The molecule has 0 atom stereocenters. The van der Waals surface area contributed by atoms with E-state index in [4.69, 9.17) is 4.74 Å². The van der Waals surface area contributed by atoms with Crippen LogP contribution in [-0.4, -0.2) is 44.1 Å². The molecule has 3 nitrogen and oxygen atoms in total. The zero-order valence-corrected chi connectivity index (χ0v) is 6.63. The Morgan fingerprint density at radius 1 is 1.70 bits per heavy atom. The lowest BCUT2D eigenvalue weighted by Crippen LogP contribution is -2.34. The van der Waals surface area contributed by atoms with Crippen molar-refractivity contribution in [3.63, 3.8) is 0 Å². The Morgan fingerprint density at radius 2 is 2.50 bits per heavy atom. The van der Waals surface area contributed by atoms with Gasteiger partial charge in [0, 0.05) is 6.54 Å². The first kappa shape index (κ1) is 7.54. The van der Waals surface area contributed by atoms with Gasteiger partial charge < -0.3 is 4.74 Å². The smallest absolute Gasteiger partial charge is 0.197 e. The minimum atomic E-state index is 0.729. The van der Waals surface area contributed by atoms with E-state index in [1.165, 1.54) is 0 Å². The Balaban J connectivity index is 2.36. The second kappa shape index (κ2) is 3.56. The molecule has 0 aliphatic carbocycles. The molecule has 0 bridgehead atoms. The van der Waals surface area contributed by atoms with E-state index in [1.54, 1.807) is 0 Å². The fourth-order valence-corrected chi connectivity index (χ4v) is 0.963. The molecule has 0 N–H and O–H groups in total. The van der Waals surface area contributed by atoms with Crippen LogP contribution in [0.4, 0.5) is 0 Å². The summed E-state index contributed by atoms with van der Waals surface area (Å²) in [6, 6.07) is 0. The number of rotatable bonds is 1. The lowest BCUT2D eigenvalue weighted by molar-refractivity contribution is 0.273. The van der Waals surface area contributed by atoms with Gasteiger partial charge in [-0.2, -0.15) is 0 Å². The van der Waals surface area contributed by atoms with E-state index in [1.807, 2.05) is 6.92 Å². The molecule has 1 aliphatic heterocycles. The predicted octanol–water partition coefficient (Wildman–Crippen LogP) is 0.367. The van der Waals surface area contributed by atoms with Crippen LogP contribution < -0.4 is 0 Å². The molecule has 1 aliphatic rings. The standard InChI is InChI=1S/C7H14N2O/c1-3-10-7-6-9(2)5-4-8-7/h3-6H2,1-2H3. The topological polar surface area (TPSA) is 24.8 Å². The van der Waals surface area contributed by atoms with E-state index in [9.17, 15) is 0 Å². The Morgan fingerprint density at radius 3 is 3.10 bits per heavy atom. The van der Waals surface area contributed by atoms with Crippen molar-refractivity contribution in [1.82, 2.24) is 4.90 Å². The summed E-state index contributed by atoms with van der Waals surface area (Å²) in [6.07, 6.45) is 0. The number of aliphatic imine (C=N–C) groups is 1. The van der Waals surface area contributed by atoms with Crippen LogP contribution in [0.1, 0.15) is 6.92 Å². The molecule has 0 saturated carbocycles. The van der Waals surface area contributed by atoms with Crippen molar-refractivity contribution in [1.29, 1.82) is 0 Å². The SMILES string of the molecule is CCOC1=NCCN(C)C1. The largest absolute Gasteiger partial charge is 0.480 e. The third kappa shape index (κ3) is 1.99. The average molecular weight is 142 g/mol. The van der Waals surface area contributed by atoms with Gasteiger partial charge in [-0.15, -0.1) is 0 Å². The minimum Gasteiger partial charge on any atom is -0.480 e. The number of likely N-dealkylation sites (N-methyl/N-ethyl adjacent to an activating group) is 1. The zero-order chi connectivity index (χ0) is 7.40. The fourth-order valence-electron chi connectivity index (χ4n) is 0.963. The maximum Gasteiger partial charge on any atom is 0.197 e. The Kier molecular flexibility index (Phi) is 2.68. The molecule has 0 unspecified atom stereocenters. The maximum absolute atomic E-state index is 5.26. The molecule has 0 aromatic heterocycles. The Hall–Kier alpha value is -0.570. The van der Waals surface area contributed by atoms with E-state index in [0.717, 1.165) is 32.1 Å². The summed E-state index contributed by atoms with van der Waals surface area (Å²) >= 11 is 0. The van der Waals surface area contributed by atoms with Gasteiger partial charge >= 0.3 is 0 Å². The molecule has 1 rings (SSSR count). The number of nitrogens with zero attached hydrogens (tertiary/aromatic N) is 2. The van der Waals surface area contributed by atoms with E-state index < -0.39 is 0 Å². The summed E-state index contributed by atoms with van der Waals surface area (Å²) in [5.74, 6) is 0.885. The van der Waals surface area contributed by atoms with Gasteiger partial charge in [-0.3, -0.25) is 9.89 Å². The van der Waals surface area contributed by atoms with Gasteiger partial charge in [-0.25, -0.2) is 0 Å². The normalized spacial score (nSPS) is 20.4. The van der Waals surface area contributed by atoms with Crippen LogP contribution in [-0.2, 0) is 4.74 Å². The third-order valence-corrected chi connectivity index (χ3v) is 1.49. The highest BCUT2D eigenvalue weighted by atomic mass is 16.5. The predicted molar refractivity (Wildman–Crippen MR) is 41.4 cm³/mol. The molecule has 3 heteroatoms. The molecule has 0 radical (unpaired) electrons. The van der Waals surface area contributed by atoms with Crippen LogP contribution >= 0.6 is 0 Å². The first-order valence-electron chi connectivity index (χ1n) is 3.67. The summed E-state index contributed by atoms with van der Waals surface area (Å²) < 4.78 is 5.26. The van der Waals surface area contributed by atoms with Gasteiger partial charge in [0.05, 0.1) is 19.7 Å². The summed E-state index contributed by atoms with van der Waals surface area (Å²) in [4.78, 5) is 6.43. The van der Waals surface area contributed by atoms with Crippen LogP contribution in [0.3, 0.4) is 0 Å². The molecular weight excluding hydrogens is 128 g/mol. The van der Waals surface area contributed by atoms with Gasteiger partial charge in [0.15, 0.2) is 5.90 Å². The first-order chi connectivity index (χ1) is 4.83. The minimum absolute atomic E-state index is 0.729. The molecular formula is C7H14N2O. The number of hydrogen-bond donors (Lipinski definition) is 0.